The van der Waals surface area contributed by atoms with Gasteiger partial charge in [0.15, 0.2) is 0 Å². The maximum atomic E-state index is 12.2. The molecule has 1 amide bonds. The summed E-state index contributed by atoms with van der Waals surface area (Å²) in [4.78, 5) is 22.9. The fourth-order valence-corrected chi connectivity index (χ4v) is 3.33. The van der Waals surface area contributed by atoms with E-state index in [0.717, 1.165) is 6.42 Å². The van der Waals surface area contributed by atoms with E-state index < -0.39 is 5.97 Å². The fraction of sp³-hybridized carbons (Fsp3) is 0.857. The second kappa shape index (κ2) is 6.37. The smallest absolute Gasteiger partial charge is 0.305 e. The Hall–Kier alpha value is -1.10. The molecule has 5 nitrogen and oxygen atoms in total. The molecule has 1 saturated carbocycles. The van der Waals surface area contributed by atoms with Gasteiger partial charge in [-0.2, -0.15) is 0 Å². The molecule has 2 fully saturated rings. The molecule has 108 valence electrons. The molecule has 1 saturated heterocycles. The van der Waals surface area contributed by atoms with Gasteiger partial charge in [-0.05, 0) is 31.6 Å². The summed E-state index contributed by atoms with van der Waals surface area (Å²) in [7, 11) is 0. The van der Waals surface area contributed by atoms with Gasteiger partial charge in [0.05, 0.1) is 12.5 Å². The van der Waals surface area contributed by atoms with Crippen molar-refractivity contribution in [3.8, 4) is 0 Å². The van der Waals surface area contributed by atoms with Crippen molar-refractivity contribution in [2.75, 3.05) is 0 Å². The molecule has 4 atom stereocenters. The Morgan fingerprint density at radius 3 is 2.74 bits per heavy atom. The number of carbonyl (C=O) groups is 2. The molecule has 1 aliphatic carbocycles. The third-order valence-electron chi connectivity index (χ3n) is 4.44. The topological polar surface area (TPSA) is 78.4 Å². The van der Waals surface area contributed by atoms with Crippen LogP contribution >= 0.6 is 0 Å². The Labute approximate surface area is 114 Å². The van der Waals surface area contributed by atoms with Gasteiger partial charge >= 0.3 is 5.97 Å². The van der Waals surface area contributed by atoms with E-state index in [-0.39, 0.29) is 24.4 Å². The number of carboxylic acids is 1. The normalized spacial score (nSPS) is 31.5. The molecule has 0 aromatic carbocycles. The van der Waals surface area contributed by atoms with E-state index in [1.54, 1.807) is 0 Å². The van der Waals surface area contributed by atoms with Crippen molar-refractivity contribution in [1.82, 2.24) is 10.6 Å². The molecule has 2 aliphatic rings. The first kappa shape index (κ1) is 14.3. The lowest BCUT2D eigenvalue weighted by atomic mass is 9.85. The number of aliphatic carboxylic acids is 1. The Morgan fingerprint density at radius 1 is 1.37 bits per heavy atom. The first-order chi connectivity index (χ1) is 9.10. The van der Waals surface area contributed by atoms with E-state index in [2.05, 4.69) is 10.6 Å². The summed E-state index contributed by atoms with van der Waals surface area (Å²) >= 11 is 0. The molecular weight excluding hydrogens is 244 g/mol. The molecule has 0 aromatic rings. The van der Waals surface area contributed by atoms with Crippen LogP contribution in [0.25, 0.3) is 0 Å². The molecule has 0 spiro atoms. The van der Waals surface area contributed by atoms with E-state index in [1.807, 2.05) is 6.92 Å². The second-order valence-corrected chi connectivity index (χ2v) is 5.82. The number of carbonyl (C=O) groups excluding carboxylic acids is 1. The summed E-state index contributed by atoms with van der Waals surface area (Å²) in [6, 6.07) is 0.106. The van der Waals surface area contributed by atoms with Crippen LogP contribution in [0.1, 0.15) is 51.9 Å². The third-order valence-corrected chi connectivity index (χ3v) is 4.44. The maximum absolute atomic E-state index is 12.2. The van der Waals surface area contributed by atoms with Crippen molar-refractivity contribution in [2.24, 2.45) is 5.92 Å². The van der Waals surface area contributed by atoms with Crippen molar-refractivity contribution in [1.29, 1.82) is 0 Å². The second-order valence-electron chi connectivity index (χ2n) is 5.82. The summed E-state index contributed by atoms with van der Waals surface area (Å²) in [5.41, 5.74) is 0. The van der Waals surface area contributed by atoms with E-state index in [0.29, 0.717) is 18.4 Å². The highest BCUT2D eigenvalue weighted by Crippen LogP contribution is 2.33. The largest absolute Gasteiger partial charge is 0.481 e. The number of carboxylic acid groups (broad SMARTS) is 1. The van der Waals surface area contributed by atoms with Crippen LogP contribution in [0.3, 0.4) is 0 Å². The first-order valence-electron chi connectivity index (χ1n) is 7.38. The van der Waals surface area contributed by atoms with Gasteiger partial charge in [0.25, 0.3) is 0 Å². The lowest BCUT2D eigenvalue weighted by Gasteiger charge is -2.24. The summed E-state index contributed by atoms with van der Waals surface area (Å²) in [6.07, 6.45) is 6.46. The Morgan fingerprint density at radius 2 is 2.11 bits per heavy atom. The molecular formula is C14H24N2O3. The van der Waals surface area contributed by atoms with Crippen LogP contribution in [-0.4, -0.2) is 35.1 Å². The Bertz CT molecular complexity index is 332. The van der Waals surface area contributed by atoms with Crippen molar-refractivity contribution in [3.05, 3.63) is 0 Å². The number of nitrogens with one attached hydrogen (secondary N) is 2. The van der Waals surface area contributed by atoms with E-state index >= 15 is 0 Å². The van der Waals surface area contributed by atoms with Crippen molar-refractivity contribution < 1.29 is 14.7 Å². The zero-order chi connectivity index (χ0) is 13.8. The minimum atomic E-state index is -0.861. The molecule has 3 N–H and O–H groups in total. The molecule has 5 heteroatoms. The third kappa shape index (κ3) is 3.69. The quantitative estimate of drug-likeness (QED) is 0.702. The van der Waals surface area contributed by atoms with Gasteiger partial charge in [-0.3, -0.25) is 9.59 Å². The van der Waals surface area contributed by atoms with Gasteiger partial charge in [0.2, 0.25) is 5.91 Å². The molecule has 0 aromatic heterocycles. The standard InChI is InChI=1S/C14H24N2O3/c1-2-10(8-13(17)18)15-14(19)12-7-9-5-3-4-6-11(9)16-12/h9-12,16H,2-8H2,1H3,(H,15,19)(H,17,18). The molecule has 2 rings (SSSR count). The van der Waals surface area contributed by atoms with Crippen LogP contribution in [0.5, 0.6) is 0 Å². The predicted octanol–water partition coefficient (Wildman–Crippen LogP) is 1.28. The van der Waals surface area contributed by atoms with Crippen LogP contribution in [0.2, 0.25) is 0 Å². The predicted molar refractivity (Wildman–Crippen MR) is 71.8 cm³/mol. The lowest BCUT2D eigenvalue weighted by molar-refractivity contribution is -0.137. The molecule has 0 radical (unpaired) electrons. The number of amides is 1. The maximum Gasteiger partial charge on any atom is 0.305 e. The van der Waals surface area contributed by atoms with Crippen LogP contribution < -0.4 is 10.6 Å². The van der Waals surface area contributed by atoms with E-state index in [4.69, 9.17) is 5.11 Å². The monoisotopic (exact) mass is 268 g/mol. The zero-order valence-electron chi connectivity index (χ0n) is 11.5. The Kier molecular flexibility index (Phi) is 4.80. The number of rotatable bonds is 5. The van der Waals surface area contributed by atoms with Gasteiger partial charge < -0.3 is 15.7 Å². The fourth-order valence-electron chi connectivity index (χ4n) is 3.33. The molecule has 19 heavy (non-hydrogen) atoms. The minimum Gasteiger partial charge on any atom is -0.481 e. The minimum absolute atomic E-state index is 0.00180. The SMILES string of the molecule is CCC(CC(=O)O)NC(=O)C1CC2CCCCC2N1. The summed E-state index contributed by atoms with van der Waals surface area (Å²) in [5.74, 6) is -0.258. The Balaban J connectivity index is 1.84. The van der Waals surface area contributed by atoms with E-state index in [1.165, 1.54) is 25.7 Å². The average molecular weight is 268 g/mol. The van der Waals surface area contributed by atoms with Gasteiger partial charge in [-0.1, -0.05) is 19.8 Å². The van der Waals surface area contributed by atoms with Crippen LogP contribution in [0.4, 0.5) is 0 Å². The highest BCUT2D eigenvalue weighted by atomic mass is 16.4. The van der Waals surface area contributed by atoms with Crippen LogP contribution in [0, 0.1) is 5.92 Å². The van der Waals surface area contributed by atoms with Gasteiger partial charge in [-0.25, -0.2) is 0 Å². The highest BCUT2D eigenvalue weighted by Gasteiger charge is 2.38. The number of hydrogen-bond acceptors (Lipinski definition) is 3. The summed E-state index contributed by atoms with van der Waals surface area (Å²) < 4.78 is 0. The van der Waals surface area contributed by atoms with Crippen molar-refractivity contribution in [3.63, 3.8) is 0 Å². The zero-order valence-corrected chi connectivity index (χ0v) is 11.5. The summed E-state index contributed by atoms with van der Waals surface area (Å²) in [6.45, 7) is 1.90. The summed E-state index contributed by atoms with van der Waals surface area (Å²) in [5, 5.41) is 15.1. The van der Waals surface area contributed by atoms with Crippen LogP contribution in [0.15, 0.2) is 0 Å². The van der Waals surface area contributed by atoms with E-state index in [9.17, 15) is 9.59 Å². The average Bonchev–Trinajstić information content (AvgIpc) is 2.81. The van der Waals surface area contributed by atoms with Gasteiger partial charge in [-0.15, -0.1) is 0 Å². The molecule has 1 aliphatic heterocycles. The van der Waals surface area contributed by atoms with Gasteiger partial charge in [0, 0.05) is 12.1 Å². The number of hydrogen-bond donors (Lipinski definition) is 3. The lowest BCUT2D eigenvalue weighted by Crippen LogP contribution is -2.47. The first-order valence-corrected chi connectivity index (χ1v) is 7.38. The molecule has 0 bridgehead atoms. The van der Waals surface area contributed by atoms with Crippen LogP contribution in [-0.2, 0) is 9.59 Å². The van der Waals surface area contributed by atoms with Gasteiger partial charge in [0.1, 0.15) is 0 Å². The number of fused-ring (bicyclic) bond motifs is 1. The molecule has 4 unspecified atom stereocenters. The molecule has 1 heterocycles. The highest BCUT2D eigenvalue weighted by molar-refractivity contribution is 5.83. The van der Waals surface area contributed by atoms with Crippen molar-refractivity contribution >= 4 is 11.9 Å². The van der Waals surface area contributed by atoms with Crippen molar-refractivity contribution in [2.45, 2.75) is 70.0 Å².